The third-order valence-corrected chi connectivity index (χ3v) is 4.65. The molecule has 1 atom stereocenters. The van der Waals surface area contributed by atoms with Gasteiger partial charge in [-0.25, -0.2) is 0 Å². The minimum atomic E-state index is -1.53. The van der Waals surface area contributed by atoms with E-state index in [0.29, 0.717) is 21.8 Å². The number of hydrogen-bond acceptors (Lipinski definition) is 5. The lowest BCUT2D eigenvalue weighted by Crippen LogP contribution is -2.58. The number of hydrogen-bond donors (Lipinski definition) is 4. The molecule has 0 aliphatic carbocycles. The molecular formula is C19H18ClN5O3. The summed E-state index contributed by atoms with van der Waals surface area (Å²) < 4.78 is 0. The highest BCUT2D eigenvalue weighted by atomic mass is 35.5. The van der Waals surface area contributed by atoms with Gasteiger partial charge in [0, 0.05) is 23.3 Å². The van der Waals surface area contributed by atoms with E-state index in [0.717, 1.165) is 0 Å². The number of primary amides is 1. The molecule has 0 spiro atoms. The van der Waals surface area contributed by atoms with Crippen LogP contribution in [0, 0.1) is 0 Å². The van der Waals surface area contributed by atoms with Crippen LogP contribution in [0.3, 0.4) is 0 Å². The van der Waals surface area contributed by atoms with Crippen molar-refractivity contribution in [1.82, 2.24) is 10.6 Å². The maximum absolute atomic E-state index is 12.3. The zero-order valence-corrected chi connectivity index (χ0v) is 15.7. The van der Waals surface area contributed by atoms with E-state index in [2.05, 4.69) is 20.9 Å². The van der Waals surface area contributed by atoms with E-state index in [1.54, 1.807) is 48.5 Å². The highest BCUT2D eigenvalue weighted by Gasteiger charge is 2.49. The van der Waals surface area contributed by atoms with Gasteiger partial charge in [0.15, 0.2) is 5.54 Å². The Bertz CT molecular complexity index is 974. The van der Waals surface area contributed by atoms with Crippen molar-refractivity contribution in [2.24, 2.45) is 10.7 Å². The Morgan fingerprint density at radius 3 is 2.46 bits per heavy atom. The van der Waals surface area contributed by atoms with E-state index in [1.807, 2.05) is 0 Å². The molecule has 0 radical (unpaired) electrons. The van der Waals surface area contributed by atoms with E-state index in [9.17, 15) is 14.4 Å². The maximum Gasteiger partial charge on any atom is 0.267 e. The topological polar surface area (TPSA) is 126 Å². The smallest absolute Gasteiger partial charge is 0.267 e. The lowest BCUT2D eigenvalue weighted by molar-refractivity contribution is -0.123. The number of nitrogens with two attached hydrogens (primary N) is 1. The van der Waals surface area contributed by atoms with Crippen LogP contribution in [0.4, 0.5) is 5.69 Å². The van der Waals surface area contributed by atoms with Crippen LogP contribution in [0.15, 0.2) is 53.5 Å². The highest BCUT2D eigenvalue weighted by molar-refractivity contribution is 6.47. The number of anilines is 1. The van der Waals surface area contributed by atoms with Gasteiger partial charge in [-0.05, 0) is 35.9 Å². The zero-order valence-electron chi connectivity index (χ0n) is 15.0. The summed E-state index contributed by atoms with van der Waals surface area (Å²) in [4.78, 5) is 40.8. The number of carbonyl (C=O) groups is 3. The molecule has 9 heteroatoms. The average Bonchev–Trinajstić information content (AvgIpc) is 3.14. The molecule has 2 aromatic carbocycles. The van der Waals surface area contributed by atoms with Crippen LogP contribution in [0.25, 0.3) is 0 Å². The first kappa shape index (κ1) is 19.5. The lowest BCUT2D eigenvalue weighted by atomic mass is 9.84. The molecule has 1 aliphatic heterocycles. The van der Waals surface area contributed by atoms with Crippen LogP contribution < -0.4 is 21.7 Å². The molecular weight excluding hydrogens is 382 g/mol. The second-order valence-corrected chi connectivity index (χ2v) is 6.51. The summed E-state index contributed by atoms with van der Waals surface area (Å²) in [5, 5.41) is 8.57. The number of aliphatic imine (C=N–C) groups is 1. The number of nitrogens with one attached hydrogen (secondary N) is 3. The van der Waals surface area contributed by atoms with Crippen molar-refractivity contribution in [2.75, 3.05) is 19.0 Å². The number of carbonyl (C=O) groups excluding carboxylic acids is 3. The van der Waals surface area contributed by atoms with E-state index in [-0.39, 0.29) is 18.3 Å². The first-order valence-corrected chi connectivity index (χ1v) is 8.75. The fourth-order valence-corrected chi connectivity index (χ4v) is 3.21. The van der Waals surface area contributed by atoms with E-state index >= 15 is 0 Å². The lowest BCUT2D eigenvalue weighted by Gasteiger charge is -2.27. The molecule has 2 aromatic rings. The van der Waals surface area contributed by atoms with Crippen LogP contribution in [0.1, 0.15) is 15.9 Å². The van der Waals surface area contributed by atoms with Crippen LogP contribution in [-0.4, -0.2) is 37.1 Å². The molecule has 8 nitrogen and oxygen atoms in total. The Morgan fingerprint density at radius 2 is 1.86 bits per heavy atom. The van der Waals surface area contributed by atoms with Gasteiger partial charge in [0.05, 0.1) is 6.67 Å². The fourth-order valence-electron chi connectivity index (χ4n) is 3.02. The standard InChI is InChI=1S/C19H18ClN5O3/c1-22-17(27)15-19(18(21)28,24-10-23-15)12-5-7-14(8-6-12)25-16(26)11-3-2-4-13(20)9-11/h2-9,24H,10H2,1H3,(H2,21,28)(H,22,27)(H,25,26). The van der Waals surface area contributed by atoms with Gasteiger partial charge in [0.25, 0.3) is 11.8 Å². The molecule has 1 unspecified atom stereocenters. The van der Waals surface area contributed by atoms with Gasteiger partial charge in [-0.2, -0.15) is 0 Å². The van der Waals surface area contributed by atoms with E-state index in [4.69, 9.17) is 17.3 Å². The summed E-state index contributed by atoms with van der Waals surface area (Å²) >= 11 is 5.91. The highest BCUT2D eigenvalue weighted by Crippen LogP contribution is 2.28. The molecule has 5 N–H and O–H groups in total. The monoisotopic (exact) mass is 399 g/mol. The molecule has 0 bridgehead atoms. The van der Waals surface area contributed by atoms with Crippen LogP contribution in [0.2, 0.25) is 5.02 Å². The van der Waals surface area contributed by atoms with Gasteiger partial charge < -0.3 is 16.4 Å². The molecule has 0 saturated carbocycles. The second kappa shape index (κ2) is 7.79. The Hall–Kier alpha value is -3.23. The van der Waals surface area contributed by atoms with Crippen molar-refractivity contribution in [2.45, 2.75) is 5.54 Å². The van der Waals surface area contributed by atoms with Gasteiger partial charge in [-0.15, -0.1) is 0 Å². The van der Waals surface area contributed by atoms with Crippen LogP contribution in [0.5, 0.6) is 0 Å². The molecule has 3 amide bonds. The van der Waals surface area contributed by atoms with Crippen LogP contribution in [-0.2, 0) is 15.1 Å². The number of amides is 3. The van der Waals surface area contributed by atoms with Gasteiger partial charge in [0.2, 0.25) is 5.91 Å². The summed E-state index contributed by atoms with van der Waals surface area (Å²) in [5.74, 6) is -1.57. The summed E-state index contributed by atoms with van der Waals surface area (Å²) in [6, 6.07) is 13.0. The Kier molecular flexibility index (Phi) is 5.43. The predicted molar refractivity (Wildman–Crippen MR) is 106 cm³/mol. The summed E-state index contributed by atoms with van der Waals surface area (Å²) in [7, 11) is 1.45. The van der Waals surface area contributed by atoms with Crippen molar-refractivity contribution in [1.29, 1.82) is 0 Å². The second-order valence-electron chi connectivity index (χ2n) is 6.08. The van der Waals surface area contributed by atoms with E-state index in [1.165, 1.54) is 7.05 Å². The van der Waals surface area contributed by atoms with Crippen molar-refractivity contribution in [3.8, 4) is 0 Å². The minimum absolute atomic E-state index is 0.00165. The molecule has 3 rings (SSSR count). The van der Waals surface area contributed by atoms with E-state index < -0.39 is 17.4 Å². The third kappa shape index (κ3) is 3.47. The van der Waals surface area contributed by atoms with Gasteiger partial charge in [0.1, 0.15) is 5.71 Å². The number of rotatable bonds is 5. The zero-order chi connectivity index (χ0) is 20.3. The van der Waals surface area contributed by atoms with Crippen molar-refractivity contribution < 1.29 is 14.4 Å². The quantitative estimate of drug-likeness (QED) is 0.598. The first-order chi connectivity index (χ1) is 13.4. The third-order valence-electron chi connectivity index (χ3n) is 4.41. The van der Waals surface area contributed by atoms with Gasteiger partial charge >= 0.3 is 0 Å². The molecule has 1 aliphatic rings. The van der Waals surface area contributed by atoms with Gasteiger partial charge in [-0.1, -0.05) is 29.8 Å². The maximum atomic E-state index is 12.3. The summed E-state index contributed by atoms with van der Waals surface area (Å²) in [5.41, 5.74) is 5.44. The predicted octanol–water partition coefficient (Wildman–Crippen LogP) is 1.02. The molecule has 144 valence electrons. The summed E-state index contributed by atoms with van der Waals surface area (Å²) in [6.07, 6.45) is 0. The van der Waals surface area contributed by atoms with Gasteiger partial charge in [-0.3, -0.25) is 24.7 Å². The number of benzene rings is 2. The summed E-state index contributed by atoms with van der Waals surface area (Å²) in [6.45, 7) is 0.0823. The first-order valence-electron chi connectivity index (χ1n) is 8.38. The Balaban J connectivity index is 1.87. The molecule has 0 saturated heterocycles. The van der Waals surface area contributed by atoms with Crippen LogP contribution >= 0.6 is 11.6 Å². The van der Waals surface area contributed by atoms with Crippen molar-refractivity contribution in [3.63, 3.8) is 0 Å². The minimum Gasteiger partial charge on any atom is -0.367 e. The largest absolute Gasteiger partial charge is 0.367 e. The van der Waals surface area contributed by atoms with Crippen molar-refractivity contribution >= 4 is 40.7 Å². The molecule has 0 fully saturated rings. The normalized spacial score (nSPS) is 18.3. The SMILES string of the molecule is CNC(=O)C1=NCNC1(C(N)=O)c1ccc(NC(=O)c2cccc(Cl)c2)cc1. The van der Waals surface area contributed by atoms with Crippen molar-refractivity contribution in [3.05, 3.63) is 64.7 Å². The molecule has 1 heterocycles. The molecule has 28 heavy (non-hydrogen) atoms. The molecule has 0 aromatic heterocycles. The number of halogens is 1. The Labute approximate surface area is 166 Å². The average molecular weight is 400 g/mol. The fraction of sp³-hybridized carbons (Fsp3) is 0.158. The Morgan fingerprint density at radius 1 is 1.14 bits per heavy atom. The number of nitrogens with zero attached hydrogens (tertiary/aromatic N) is 1.